The van der Waals surface area contributed by atoms with Crippen molar-refractivity contribution in [3.63, 3.8) is 0 Å². The molecule has 18 heavy (non-hydrogen) atoms. The van der Waals surface area contributed by atoms with Gasteiger partial charge in [-0.25, -0.2) is 0 Å². The third kappa shape index (κ3) is 11.0. The molecule has 3 nitrogen and oxygen atoms in total. The van der Waals surface area contributed by atoms with E-state index in [2.05, 4.69) is 32.6 Å². The molecule has 0 fully saturated rings. The third-order valence-electron chi connectivity index (χ3n) is 2.89. The molecule has 0 aromatic rings. The van der Waals surface area contributed by atoms with Gasteiger partial charge in [-0.1, -0.05) is 40.5 Å². The number of ether oxygens (including phenoxy) is 1. The lowest BCUT2D eigenvalue weighted by molar-refractivity contribution is 0.00780. The monoisotopic (exact) mass is 259 g/mol. The van der Waals surface area contributed by atoms with E-state index in [9.17, 15) is 5.11 Å². The molecule has 0 aliphatic carbocycles. The summed E-state index contributed by atoms with van der Waals surface area (Å²) in [5.74, 6) is 0.536. The van der Waals surface area contributed by atoms with Crippen LogP contribution in [0.25, 0.3) is 0 Å². The van der Waals surface area contributed by atoms with E-state index in [1.807, 2.05) is 0 Å². The topological polar surface area (TPSA) is 32.7 Å². The van der Waals surface area contributed by atoms with Crippen LogP contribution in [0.15, 0.2) is 0 Å². The summed E-state index contributed by atoms with van der Waals surface area (Å²) >= 11 is 0. The molecule has 0 spiro atoms. The van der Waals surface area contributed by atoms with Crippen LogP contribution in [0.3, 0.4) is 0 Å². The second-order valence-electron chi connectivity index (χ2n) is 5.59. The largest absolute Gasteiger partial charge is 0.389 e. The van der Waals surface area contributed by atoms with Crippen molar-refractivity contribution in [3.05, 3.63) is 0 Å². The van der Waals surface area contributed by atoms with Crippen LogP contribution in [0.5, 0.6) is 0 Å². The van der Waals surface area contributed by atoms with Crippen LogP contribution in [-0.4, -0.2) is 49.0 Å². The van der Waals surface area contributed by atoms with Crippen molar-refractivity contribution in [1.82, 2.24) is 4.90 Å². The molecule has 0 aromatic carbocycles. The van der Waals surface area contributed by atoms with Crippen LogP contribution in [-0.2, 0) is 4.74 Å². The second-order valence-corrected chi connectivity index (χ2v) is 5.59. The highest BCUT2D eigenvalue weighted by Gasteiger charge is 2.11. The second kappa shape index (κ2) is 11.9. The first-order valence-corrected chi connectivity index (χ1v) is 7.58. The lowest BCUT2D eigenvalue weighted by Crippen LogP contribution is -2.36. The SMILES string of the molecule is CCCCN(CCCC)C[C@H](O)COCC(C)C. The Morgan fingerprint density at radius 2 is 1.56 bits per heavy atom. The molecule has 0 unspecified atom stereocenters. The van der Waals surface area contributed by atoms with Gasteiger partial charge in [-0.15, -0.1) is 0 Å². The van der Waals surface area contributed by atoms with Crippen molar-refractivity contribution >= 4 is 0 Å². The van der Waals surface area contributed by atoms with Gasteiger partial charge in [-0.3, -0.25) is 0 Å². The maximum Gasteiger partial charge on any atom is 0.0900 e. The molecular formula is C15H33NO2. The molecule has 0 aliphatic heterocycles. The summed E-state index contributed by atoms with van der Waals surface area (Å²) < 4.78 is 5.49. The predicted molar refractivity (Wildman–Crippen MR) is 77.9 cm³/mol. The highest BCUT2D eigenvalue weighted by Crippen LogP contribution is 2.02. The van der Waals surface area contributed by atoms with Crippen LogP contribution >= 0.6 is 0 Å². The van der Waals surface area contributed by atoms with Gasteiger partial charge in [0.15, 0.2) is 0 Å². The quantitative estimate of drug-likeness (QED) is 0.585. The molecule has 0 bridgehead atoms. The molecule has 0 radical (unpaired) electrons. The first-order valence-electron chi connectivity index (χ1n) is 7.58. The number of unbranched alkanes of at least 4 members (excludes halogenated alkanes) is 2. The molecule has 110 valence electrons. The van der Waals surface area contributed by atoms with Crippen LogP contribution < -0.4 is 0 Å². The minimum Gasteiger partial charge on any atom is -0.389 e. The summed E-state index contributed by atoms with van der Waals surface area (Å²) in [6.07, 6.45) is 4.50. The van der Waals surface area contributed by atoms with E-state index in [4.69, 9.17) is 4.74 Å². The molecule has 3 heteroatoms. The van der Waals surface area contributed by atoms with E-state index in [1.54, 1.807) is 0 Å². The van der Waals surface area contributed by atoms with Crippen LogP contribution in [0, 0.1) is 5.92 Å². The van der Waals surface area contributed by atoms with Crippen molar-refractivity contribution in [2.75, 3.05) is 32.8 Å². The van der Waals surface area contributed by atoms with Gasteiger partial charge in [0.05, 0.1) is 12.7 Å². The average Bonchev–Trinajstić information content (AvgIpc) is 2.32. The van der Waals surface area contributed by atoms with E-state index < -0.39 is 0 Å². The van der Waals surface area contributed by atoms with Crippen molar-refractivity contribution in [1.29, 1.82) is 0 Å². The van der Waals surface area contributed by atoms with Gasteiger partial charge in [-0.2, -0.15) is 0 Å². The minimum absolute atomic E-state index is 0.350. The van der Waals surface area contributed by atoms with Gasteiger partial charge in [0.2, 0.25) is 0 Å². The summed E-state index contributed by atoms with van der Waals surface area (Å²) in [7, 11) is 0. The molecule has 1 atom stereocenters. The fourth-order valence-electron chi connectivity index (χ4n) is 1.85. The normalized spacial score (nSPS) is 13.5. The Bertz CT molecular complexity index is 166. The first-order chi connectivity index (χ1) is 8.60. The molecule has 0 aromatic heterocycles. The standard InChI is InChI=1S/C15H33NO2/c1-5-7-9-16(10-8-6-2)11-15(17)13-18-12-14(3)4/h14-15,17H,5-13H2,1-4H3/t15-/m0/s1. The zero-order chi connectivity index (χ0) is 13.8. The smallest absolute Gasteiger partial charge is 0.0900 e. The van der Waals surface area contributed by atoms with E-state index >= 15 is 0 Å². The number of hydrogen-bond acceptors (Lipinski definition) is 3. The number of aliphatic hydroxyl groups excluding tert-OH is 1. The van der Waals surface area contributed by atoms with Crippen LogP contribution in [0.4, 0.5) is 0 Å². The van der Waals surface area contributed by atoms with Crippen LogP contribution in [0.2, 0.25) is 0 Å². The minimum atomic E-state index is -0.350. The molecule has 0 saturated carbocycles. The summed E-state index contributed by atoms with van der Waals surface area (Å²) in [5, 5.41) is 9.96. The van der Waals surface area contributed by atoms with Gasteiger partial charge in [-0.05, 0) is 31.8 Å². The average molecular weight is 259 g/mol. The molecule has 1 N–H and O–H groups in total. The van der Waals surface area contributed by atoms with Gasteiger partial charge >= 0.3 is 0 Å². The summed E-state index contributed by atoms with van der Waals surface area (Å²) in [4.78, 5) is 2.37. The van der Waals surface area contributed by atoms with Crippen LogP contribution in [0.1, 0.15) is 53.4 Å². The predicted octanol–water partition coefficient (Wildman–Crippen LogP) is 2.92. The highest BCUT2D eigenvalue weighted by atomic mass is 16.5. The fraction of sp³-hybridized carbons (Fsp3) is 1.00. The molecule has 0 saturated heterocycles. The Labute approximate surface area is 114 Å². The van der Waals surface area contributed by atoms with Gasteiger partial charge < -0.3 is 14.7 Å². The number of nitrogens with zero attached hydrogens (tertiary/aromatic N) is 1. The molecule has 0 amide bonds. The van der Waals surface area contributed by atoms with Crippen molar-refractivity contribution in [2.45, 2.75) is 59.5 Å². The van der Waals surface area contributed by atoms with E-state index in [1.165, 1.54) is 25.7 Å². The van der Waals surface area contributed by atoms with Crippen molar-refractivity contribution in [2.24, 2.45) is 5.92 Å². The molecule has 0 rings (SSSR count). The Hall–Kier alpha value is -0.120. The number of aliphatic hydroxyl groups is 1. The van der Waals surface area contributed by atoms with Gasteiger partial charge in [0.25, 0.3) is 0 Å². The summed E-state index contributed by atoms with van der Waals surface area (Å²) in [6, 6.07) is 0. The Morgan fingerprint density at radius 1 is 1.00 bits per heavy atom. The van der Waals surface area contributed by atoms with Crippen molar-refractivity contribution in [3.8, 4) is 0 Å². The number of hydrogen-bond donors (Lipinski definition) is 1. The maximum absolute atomic E-state index is 9.96. The lowest BCUT2D eigenvalue weighted by atomic mass is 10.2. The third-order valence-corrected chi connectivity index (χ3v) is 2.89. The van der Waals surface area contributed by atoms with E-state index in [0.29, 0.717) is 12.5 Å². The van der Waals surface area contributed by atoms with Gasteiger partial charge in [0.1, 0.15) is 0 Å². The summed E-state index contributed by atoms with van der Waals surface area (Å²) in [5.41, 5.74) is 0. The maximum atomic E-state index is 9.96. The molecule has 0 heterocycles. The summed E-state index contributed by atoms with van der Waals surface area (Å²) in [6.45, 7) is 12.8. The Balaban J connectivity index is 3.81. The first kappa shape index (κ1) is 17.9. The fourth-order valence-corrected chi connectivity index (χ4v) is 1.85. The molecule has 0 aliphatic rings. The highest BCUT2D eigenvalue weighted by molar-refractivity contribution is 4.64. The lowest BCUT2D eigenvalue weighted by Gasteiger charge is -2.25. The number of rotatable bonds is 12. The Morgan fingerprint density at radius 3 is 2.00 bits per heavy atom. The zero-order valence-electron chi connectivity index (χ0n) is 12.8. The van der Waals surface area contributed by atoms with Crippen molar-refractivity contribution < 1.29 is 9.84 Å². The van der Waals surface area contributed by atoms with E-state index in [0.717, 1.165) is 26.2 Å². The Kier molecular flexibility index (Phi) is 11.9. The van der Waals surface area contributed by atoms with Gasteiger partial charge in [0, 0.05) is 13.2 Å². The zero-order valence-corrected chi connectivity index (χ0v) is 12.8. The van der Waals surface area contributed by atoms with E-state index in [-0.39, 0.29) is 6.10 Å². The molecular weight excluding hydrogens is 226 g/mol.